The van der Waals surface area contributed by atoms with E-state index in [9.17, 15) is 4.79 Å². The number of ether oxygens (including phenoxy) is 2. The van der Waals surface area contributed by atoms with E-state index in [2.05, 4.69) is 30.9 Å². The molecule has 4 heteroatoms. The molecule has 0 amide bonds. The number of hydrogen-bond acceptors (Lipinski definition) is 4. The Morgan fingerprint density at radius 3 is 2.43 bits per heavy atom. The van der Waals surface area contributed by atoms with Gasteiger partial charge in [-0.3, -0.25) is 9.69 Å². The number of methoxy groups -OCH3 is 2. The van der Waals surface area contributed by atoms with Crippen molar-refractivity contribution in [3.8, 4) is 11.5 Å². The lowest BCUT2D eigenvalue weighted by atomic mass is 9.75. The van der Waals surface area contributed by atoms with Gasteiger partial charge in [-0.1, -0.05) is 13.8 Å². The fraction of sp³-hybridized carbons (Fsp3) is 0.632. The largest absolute Gasteiger partial charge is 0.493 e. The fourth-order valence-corrected chi connectivity index (χ4v) is 4.13. The van der Waals surface area contributed by atoms with Crippen molar-refractivity contribution in [1.82, 2.24) is 4.90 Å². The molecular weight excluding hydrogens is 290 g/mol. The Morgan fingerprint density at radius 2 is 1.78 bits per heavy atom. The van der Waals surface area contributed by atoms with Crippen LogP contribution in [0.5, 0.6) is 11.5 Å². The first kappa shape index (κ1) is 16.3. The molecule has 0 bridgehead atoms. The van der Waals surface area contributed by atoms with Gasteiger partial charge in [0.25, 0.3) is 0 Å². The van der Waals surface area contributed by atoms with Gasteiger partial charge in [0.1, 0.15) is 5.78 Å². The van der Waals surface area contributed by atoms with Gasteiger partial charge < -0.3 is 9.47 Å². The highest BCUT2D eigenvalue weighted by Crippen LogP contribution is 2.44. The molecule has 1 aromatic rings. The average Bonchev–Trinajstić information content (AvgIpc) is 2.55. The molecule has 3 rings (SSSR count). The number of Topliss-reactive ketones (excluding diaryl/α,β-unsaturated/α-hetero) is 1. The summed E-state index contributed by atoms with van der Waals surface area (Å²) in [5.74, 6) is 2.58. The molecule has 23 heavy (non-hydrogen) atoms. The summed E-state index contributed by atoms with van der Waals surface area (Å²) in [5, 5.41) is 0. The first-order valence-electron chi connectivity index (χ1n) is 8.56. The Kier molecular flexibility index (Phi) is 4.62. The zero-order valence-electron chi connectivity index (χ0n) is 14.6. The second kappa shape index (κ2) is 6.52. The number of nitrogens with zero attached hydrogens (tertiary/aromatic N) is 1. The van der Waals surface area contributed by atoms with Gasteiger partial charge in [0.2, 0.25) is 0 Å². The average molecular weight is 317 g/mol. The third-order valence-electron chi connectivity index (χ3n) is 5.19. The quantitative estimate of drug-likeness (QED) is 0.854. The van der Waals surface area contributed by atoms with Crippen molar-refractivity contribution < 1.29 is 14.3 Å². The molecule has 0 saturated carbocycles. The van der Waals surface area contributed by atoms with E-state index in [4.69, 9.17) is 9.47 Å². The van der Waals surface area contributed by atoms with Crippen LogP contribution in [0.15, 0.2) is 12.1 Å². The Bertz CT molecular complexity index is 597. The second-order valence-corrected chi connectivity index (χ2v) is 7.09. The molecule has 1 fully saturated rings. The zero-order chi connectivity index (χ0) is 16.6. The molecule has 2 heterocycles. The normalized spacial score (nSPS) is 24.3. The molecule has 0 N–H and O–H groups in total. The van der Waals surface area contributed by atoms with E-state index < -0.39 is 0 Å². The zero-order valence-corrected chi connectivity index (χ0v) is 14.6. The SMILES string of the molecule is COc1cc2c(cc1OC)[C@H]1[C@H](CC(C)C)C(=O)CCN1CC2. The van der Waals surface area contributed by atoms with E-state index in [0.29, 0.717) is 18.1 Å². The second-order valence-electron chi connectivity index (χ2n) is 7.09. The summed E-state index contributed by atoms with van der Waals surface area (Å²) in [6, 6.07) is 4.38. The lowest BCUT2D eigenvalue weighted by molar-refractivity contribution is -0.130. The van der Waals surface area contributed by atoms with Gasteiger partial charge >= 0.3 is 0 Å². The predicted octanol–water partition coefficient (Wildman–Crippen LogP) is 3.24. The van der Waals surface area contributed by atoms with Gasteiger partial charge in [0, 0.05) is 31.5 Å². The lowest BCUT2D eigenvalue weighted by Gasteiger charge is -2.45. The van der Waals surface area contributed by atoms with E-state index in [0.717, 1.165) is 37.4 Å². The Morgan fingerprint density at radius 1 is 1.13 bits per heavy atom. The van der Waals surface area contributed by atoms with Crippen LogP contribution >= 0.6 is 0 Å². The predicted molar refractivity (Wildman–Crippen MR) is 90.1 cm³/mol. The number of hydrogen-bond donors (Lipinski definition) is 0. The molecule has 0 unspecified atom stereocenters. The van der Waals surface area contributed by atoms with Crippen LogP contribution in [0.1, 0.15) is 43.9 Å². The number of piperidine rings is 1. The number of fused-ring (bicyclic) bond motifs is 3. The molecule has 1 saturated heterocycles. The summed E-state index contributed by atoms with van der Waals surface area (Å²) in [4.78, 5) is 15.1. The highest BCUT2D eigenvalue weighted by Gasteiger charge is 2.41. The van der Waals surface area contributed by atoms with Crippen LogP contribution in [0.2, 0.25) is 0 Å². The van der Waals surface area contributed by atoms with Crippen LogP contribution < -0.4 is 9.47 Å². The molecule has 0 radical (unpaired) electrons. The van der Waals surface area contributed by atoms with E-state index in [1.807, 2.05) is 0 Å². The molecule has 2 aliphatic heterocycles. The van der Waals surface area contributed by atoms with Crippen molar-refractivity contribution in [2.75, 3.05) is 27.3 Å². The topological polar surface area (TPSA) is 38.8 Å². The monoisotopic (exact) mass is 317 g/mol. The van der Waals surface area contributed by atoms with Crippen molar-refractivity contribution in [3.05, 3.63) is 23.3 Å². The number of rotatable bonds is 4. The summed E-state index contributed by atoms with van der Waals surface area (Å²) in [7, 11) is 3.34. The molecule has 2 aliphatic rings. The molecular formula is C19H27NO3. The van der Waals surface area contributed by atoms with Crippen molar-refractivity contribution >= 4 is 5.78 Å². The van der Waals surface area contributed by atoms with E-state index in [1.54, 1.807) is 14.2 Å². The van der Waals surface area contributed by atoms with Crippen molar-refractivity contribution in [1.29, 1.82) is 0 Å². The minimum atomic E-state index is 0.0981. The molecule has 0 spiro atoms. The van der Waals surface area contributed by atoms with Crippen LogP contribution in [0.3, 0.4) is 0 Å². The Hall–Kier alpha value is -1.55. The van der Waals surface area contributed by atoms with Gasteiger partial charge in [-0.05, 0) is 42.0 Å². The minimum absolute atomic E-state index is 0.0981. The fourth-order valence-electron chi connectivity index (χ4n) is 4.13. The summed E-state index contributed by atoms with van der Waals surface area (Å²) < 4.78 is 10.9. The summed E-state index contributed by atoms with van der Waals surface area (Å²) >= 11 is 0. The van der Waals surface area contributed by atoms with Crippen LogP contribution in [0, 0.1) is 11.8 Å². The molecule has 126 valence electrons. The highest BCUT2D eigenvalue weighted by atomic mass is 16.5. The van der Waals surface area contributed by atoms with Gasteiger partial charge in [0.05, 0.1) is 14.2 Å². The third kappa shape index (κ3) is 2.97. The van der Waals surface area contributed by atoms with Crippen molar-refractivity contribution in [3.63, 3.8) is 0 Å². The molecule has 1 aromatic carbocycles. The lowest BCUT2D eigenvalue weighted by Crippen LogP contribution is -2.47. The minimum Gasteiger partial charge on any atom is -0.493 e. The van der Waals surface area contributed by atoms with Gasteiger partial charge in [0.15, 0.2) is 11.5 Å². The standard InChI is InChI=1S/C19H27NO3/c1-12(2)9-15-16(21)6-8-20-7-5-13-10-17(22-3)18(23-4)11-14(13)19(15)20/h10-12,15,19H,5-9H2,1-4H3/t15-,19+/m1/s1. The van der Waals surface area contributed by atoms with Gasteiger partial charge in [-0.25, -0.2) is 0 Å². The van der Waals surface area contributed by atoms with E-state index >= 15 is 0 Å². The first-order valence-corrected chi connectivity index (χ1v) is 8.56. The maximum absolute atomic E-state index is 12.6. The molecule has 0 aliphatic carbocycles. The van der Waals surface area contributed by atoms with Gasteiger partial charge in [-0.15, -0.1) is 0 Å². The third-order valence-corrected chi connectivity index (χ3v) is 5.19. The van der Waals surface area contributed by atoms with Crippen molar-refractivity contribution in [2.24, 2.45) is 11.8 Å². The first-order chi connectivity index (χ1) is 11.0. The van der Waals surface area contributed by atoms with Crippen LogP contribution in [-0.4, -0.2) is 38.0 Å². The number of carbonyl (C=O) groups excluding carboxylic acids is 1. The number of ketones is 1. The summed E-state index contributed by atoms with van der Waals surface area (Å²) in [5.41, 5.74) is 2.56. The smallest absolute Gasteiger partial charge is 0.161 e. The Balaban J connectivity index is 2.05. The number of benzene rings is 1. The van der Waals surface area contributed by atoms with Crippen LogP contribution in [0.4, 0.5) is 0 Å². The highest BCUT2D eigenvalue weighted by molar-refractivity contribution is 5.83. The summed E-state index contributed by atoms with van der Waals surface area (Å²) in [6.45, 7) is 6.30. The molecule has 0 aromatic heterocycles. The van der Waals surface area contributed by atoms with Crippen molar-refractivity contribution in [2.45, 2.75) is 39.2 Å². The maximum atomic E-state index is 12.6. The maximum Gasteiger partial charge on any atom is 0.161 e. The van der Waals surface area contributed by atoms with Crippen LogP contribution in [0.25, 0.3) is 0 Å². The molecule has 4 nitrogen and oxygen atoms in total. The summed E-state index contributed by atoms with van der Waals surface area (Å²) in [6.07, 6.45) is 2.65. The number of carbonyl (C=O) groups is 1. The molecule has 2 atom stereocenters. The van der Waals surface area contributed by atoms with E-state index in [1.165, 1.54) is 11.1 Å². The van der Waals surface area contributed by atoms with E-state index in [-0.39, 0.29) is 12.0 Å². The van der Waals surface area contributed by atoms with Crippen LogP contribution in [-0.2, 0) is 11.2 Å². The Labute approximate surface area is 138 Å². The van der Waals surface area contributed by atoms with Gasteiger partial charge in [-0.2, -0.15) is 0 Å².